The number of halogens is 3. The van der Waals surface area contributed by atoms with Crippen LogP contribution in [-0.4, -0.2) is 39.5 Å². The maximum Gasteiger partial charge on any atom is 0.232 e. The van der Waals surface area contributed by atoms with Crippen molar-refractivity contribution in [2.75, 3.05) is 23.7 Å². The van der Waals surface area contributed by atoms with Crippen molar-refractivity contribution < 1.29 is 13.6 Å². The zero-order valence-electron chi connectivity index (χ0n) is 17.4. The van der Waals surface area contributed by atoms with Gasteiger partial charge < -0.3 is 10.2 Å². The fourth-order valence-electron chi connectivity index (χ4n) is 3.67. The van der Waals surface area contributed by atoms with Crippen LogP contribution in [0, 0.1) is 11.6 Å². The number of nitrogens with zero attached hydrogens (tertiary/aromatic N) is 4. The predicted octanol–water partition coefficient (Wildman–Crippen LogP) is 4.77. The first-order valence-electron chi connectivity index (χ1n) is 10.3. The topological polar surface area (TPSA) is 63.1 Å². The Labute approximate surface area is 194 Å². The second-order valence-corrected chi connectivity index (χ2v) is 8.86. The van der Waals surface area contributed by atoms with E-state index >= 15 is 0 Å². The number of thioether (sulfide) groups is 1. The Balaban J connectivity index is 1.50. The lowest BCUT2D eigenvalue weighted by Gasteiger charge is -2.19. The molecule has 1 atom stereocenters. The highest BCUT2D eigenvalue weighted by atomic mass is 35.5. The van der Waals surface area contributed by atoms with Crippen LogP contribution in [0.25, 0.3) is 5.69 Å². The van der Waals surface area contributed by atoms with Crippen molar-refractivity contribution in [1.29, 1.82) is 0 Å². The Bertz CT molecular complexity index is 1120. The number of rotatable bonds is 7. The lowest BCUT2D eigenvalue weighted by molar-refractivity contribution is -0.119. The number of benzene rings is 2. The van der Waals surface area contributed by atoms with E-state index in [1.165, 1.54) is 23.9 Å². The molecule has 1 aromatic heterocycles. The standard InChI is InChI=1S/C22H22ClF2N5OS/c1-14(16-9-8-15(24)12-18(16)25)26-20(31)13-32-22-28-27-21(29-10-4-5-11-29)30(22)19-7-3-2-6-17(19)23/h2-3,6-9,12,14H,4-5,10-11,13H2,1H3,(H,26,31). The minimum absolute atomic E-state index is 0.0513. The molecule has 168 valence electrons. The van der Waals surface area contributed by atoms with Gasteiger partial charge in [-0.2, -0.15) is 0 Å². The van der Waals surface area contributed by atoms with E-state index in [1.807, 2.05) is 22.8 Å². The Morgan fingerprint density at radius 3 is 2.66 bits per heavy atom. The molecule has 32 heavy (non-hydrogen) atoms. The van der Waals surface area contributed by atoms with Crippen molar-refractivity contribution in [1.82, 2.24) is 20.1 Å². The van der Waals surface area contributed by atoms with E-state index in [4.69, 9.17) is 11.6 Å². The van der Waals surface area contributed by atoms with Gasteiger partial charge in [0.2, 0.25) is 11.9 Å². The average molecular weight is 478 g/mol. The lowest BCUT2D eigenvalue weighted by atomic mass is 10.1. The van der Waals surface area contributed by atoms with Crippen LogP contribution < -0.4 is 10.2 Å². The summed E-state index contributed by atoms with van der Waals surface area (Å²) >= 11 is 7.67. The third-order valence-electron chi connectivity index (χ3n) is 5.24. The zero-order valence-corrected chi connectivity index (χ0v) is 19.0. The van der Waals surface area contributed by atoms with Gasteiger partial charge in [-0.25, -0.2) is 8.78 Å². The molecule has 2 aromatic carbocycles. The summed E-state index contributed by atoms with van der Waals surface area (Å²) < 4.78 is 29.0. The molecule has 1 unspecified atom stereocenters. The van der Waals surface area contributed by atoms with E-state index in [-0.39, 0.29) is 17.2 Å². The SMILES string of the molecule is CC(NC(=O)CSc1nnc(N2CCCC2)n1-c1ccccc1Cl)c1ccc(F)cc1F. The molecule has 0 aliphatic carbocycles. The molecule has 1 aliphatic rings. The van der Waals surface area contributed by atoms with E-state index in [1.54, 1.807) is 13.0 Å². The van der Waals surface area contributed by atoms with Gasteiger partial charge in [0, 0.05) is 24.7 Å². The molecule has 10 heteroatoms. The van der Waals surface area contributed by atoms with E-state index < -0.39 is 17.7 Å². The van der Waals surface area contributed by atoms with Crippen LogP contribution in [0.5, 0.6) is 0 Å². The molecule has 4 rings (SSSR count). The van der Waals surface area contributed by atoms with Crippen LogP contribution in [0.4, 0.5) is 14.7 Å². The lowest BCUT2D eigenvalue weighted by Crippen LogP contribution is -2.29. The molecule has 1 fully saturated rings. The van der Waals surface area contributed by atoms with Gasteiger partial charge >= 0.3 is 0 Å². The number of carbonyl (C=O) groups excluding carboxylic acids is 1. The molecular formula is C22H22ClF2N5OS. The van der Waals surface area contributed by atoms with E-state index in [2.05, 4.69) is 20.4 Å². The predicted molar refractivity (Wildman–Crippen MR) is 121 cm³/mol. The highest BCUT2D eigenvalue weighted by Gasteiger charge is 2.24. The van der Waals surface area contributed by atoms with Gasteiger partial charge in [-0.3, -0.25) is 9.36 Å². The first-order chi connectivity index (χ1) is 15.4. The third-order valence-corrected chi connectivity index (χ3v) is 6.49. The van der Waals surface area contributed by atoms with Crippen LogP contribution in [-0.2, 0) is 4.79 Å². The molecule has 1 saturated heterocycles. The fourth-order valence-corrected chi connectivity index (χ4v) is 4.64. The summed E-state index contributed by atoms with van der Waals surface area (Å²) in [4.78, 5) is 14.7. The van der Waals surface area contributed by atoms with Gasteiger partial charge in [0.25, 0.3) is 0 Å². The summed E-state index contributed by atoms with van der Waals surface area (Å²) in [7, 11) is 0. The van der Waals surface area contributed by atoms with E-state index in [0.717, 1.165) is 37.7 Å². The number of anilines is 1. The molecule has 2 heterocycles. The van der Waals surface area contributed by atoms with Gasteiger partial charge in [-0.15, -0.1) is 10.2 Å². The van der Waals surface area contributed by atoms with Crippen molar-refractivity contribution in [3.8, 4) is 5.69 Å². The Morgan fingerprint density at radius 1 is 1.19 bits per heavy atom. The minimum atomic E-state index is -0.695. The van der Waals surface area contributed by atoms with Crippen molar-refractivity contribution in [3.05, 3.63) is 64.7 Å². The molecular weight excluding hydrogens is 456 g/mol. The molecule has 1 aliphatic heterocycles. The molecule has 0 bridgehead atoms. The summed E-state index contributed by atoms with van der Waals surface area (Å²) in [6, 6.07) is 10.1. The second-order valence-electron chi connectivity index (χ2n) is 7.51. The minimum Gasteiger partial charge on any atom is -0.349 e. The Morgan fingerprint density at radius 2 is 1.94 bits per heavy atom. The van der Waals surface area contributed by atoms with Gasteiger partial charge in [0.05, 0.1) is 22.5 Å². The van der Waals surface area contributed by atoms with Crippen molar-refractivity contribution >= 4 is 35.2 Å². The summed E-state index contributed by atoms with van der Waals surface area (Å²) in [5, 5.41) is 12.5. The van der Waals surface area contributed by atoms with Crippen LogP contribution in [0.2, 0.25) is 5.02 Å². The molecule has 1 N–H and O–H groups in total. The van der Waals surface area contributed by atoms with Crippen LogP contribution in [0.3, 0.4) is 0 Å². The number of nitrogens with one attached hydrogen (secondary N) is 1. The maximum atomic E-state index is 14.0. The summed E-state index contributed by atoms with van der Waals surface area (Å²) in [5.41, 5.74) is 0.964. The monoisotopic (exact) mass is 477 g/mol. The molecule has 6 nitrogen and oxygen atoms in total. The Kier molecular flexibility index (Phi) is 6.95. The largest absolute Gasteiger partial charge is 0.349 e. The van der Waals surface area contributed by atoms with Crippen molar-refractivity contribution in [2.45, 2.75) is 31.0 Å². The molecule has 1 amide bonds. The molecule has 3 aromatic rings. The highest BCUT2D eigenvalue weighted by molar-refractivity contribution is 7.99. The summed E-state index contributed by atoms with van der Waals surface area (Å²) in [6.45, 7) is 3.42. The normalized spacial score (nSPS) is 14.6. The molecule has 0 spiro atoms. The van der Waals surface area contributed by atoms with Gasteiger partial charge in [-0.1, -0.05) is 41.6 Å². The molecule has 0 radical (unpaired) electrons. The molecule has 0 saturated carbocycles. The zero-order chi connectivity index (χ0) is 22.7. The third kappa shape index (κ3) is 4.88. The summed E-state index contributed by atoms with van der Waals surface area (Å²) in [5.74, 6) is -0.912. The van der Waals surface area contributed by atoms with Crippen molar-refractivity contribution in [3.63, 3.8) is 0 Å². The fraction of sp³-hybridized carbons (Fsp3) is 0.318. The number of aromatic nitrogens is 3. The van der Waals surface area contributed by atoms with E-state index in [9.17, 15) is 13.6 Å². The van der Waals surface area contributed by atoms with Crippen LogP contribution in [0.1, 0.15) is 31.4 Å². The van der Waals surface area contributed by atoms with Crippen LogP contribution >= 0.6 is 23.4 Å². The van der Waals surface area contributed by atoms with Gasteiger partial charge in [0.1, 0.15) is 11.6 Å². The number of carbonyl (C=O) groups is 1. The number of amides is 1. The number of hydrogen-bond acceptors (Lipinski definition) is 5. The average Bonchev–Trinajstić information content (AvgIpc) is 3.42. The highest BCUT2D eigenvalue weighted by Crippen LogP contribution is 2.32. The quantitative estimate of drug-likeness (QED) is 0.497. The maximum absolute atomic E-state index is 14.0. The number of para-hydroxylation sites is 1. The first kappa shape index (κ1) is 22.5. The number of hydrogen-bond donors (Lipinski definition) is 1. The smallest absolute Gasteiger partial charge is 0.232 e. The second kappa shape index (κ2) is 9.87. The summed E-state index contributed by atoms with van der Waals surface area (Å²) in [6.07, 6.45) is 2.16. The Hall–Kier alpha value is -2.65. The van der Waals surface area contributed by atoms with E-state index in [0.29, 0.717) is 16.1 Å². The van der Waals surface area contributed by atoms with Gasteiger partial charge in [-0.05, 0) is 38.0 Å². The van der Waals surface area contributed by atoms with Gasteiger partial charge in [0.15, 0.2) is 5.16 Å². The van der Waals surface area contributed by atoms with Crippen LogP contribution in [0.15, 0.2) is 47.6 Å². The van der Waals surface area contributed by atoms with Crippen molar-refractivity contribution in [2.24, 2.45) is 0 Å². The first-order valence-corrected chi connectivity index (χ1v) is 11.6.